The van der Waals surface area contributed by atoms with Crippen molar-refractivity contribution in [1.29, 1.82) is 0 Å². The largest absolute Gasteiger partial charge is 0.496 e. The Hall–Kier alpha value is -2.28. The lowest BCUT2D eigenvalue weighted by Crippen LogP contribution is -2.07. The Morgan fingerprint density at radius 1 is 0.895 bits per heavy atom. The van der Waals surface area contributed by atoms with Gasteiger partial charge in [0, 0.05) is 15.5 Å². The predicted octanol–water partition coefficient (Wildman–Crippen LogP) is 10.4. The van der Waals surface area contributed by atoms with E-state index in [1.807, 2.05) is 6.08 Å². The van der Waals surface area contributed by atoms with Gasteiger partial charge in [0.05, 0.1) is 34.0 Å². The first-order chi connectivity index (χ1) is 18.2. The van der Waals surface area contributed by atoms with Gasteiger partial charge in [0.15, 0.2) is 0 Å². The van der Waals surface area contributed by atoms with Crippen LogP contribution in [0, 0.1) is 13.8 Å². The molecule has 6 heteroatoms. The number of methoxy groups -OCH3 is 1. The molecule has 0 bridgehead atoms. The van der Waals surface area contributed by atoms with E-state index in [1.54, 1.807) is 42.0 Å². The molecule has 0 saturated heterocycles. The number of aryl methyl sites for hydroxylation is 3. The maximum atomic E-state index is 6.29. The first kappa shape index (κ1) is 31.9. The summed E-state index contributed by atoms with van der Waals surface area (Å²) in [4.78, 5) is 3.56. The summed E-state index contributed by atoms with van der Waals surface area (Å²) in [5.74, 6) is 3.48. The third-order valence-corrected chi connectivity index (χ3v) is 9.09. The third kappa shape index (κ3) is 8.36. The molecule has 3 nitrogen and oxygen atoms in total. The highest BCUT2D eigenvalue weighted by Gasteiger charge is 2.22. The van der Waals surface area contributed by atoms with E-state index in [0.29, 0.717) is 0 Å². The van der Waals surface area contributed by atoms with E-state index in [1.165, 1.54) is 25.1 Å². The second kappa shape index (κ2) is 15.3. The third-order valence-electron chi connectivity index (χ3n) is 5.28. The summed E-state index contributed by atoms with van der Waals surface area (Å²) in [6.45, 7) is 24.6. The number of hydrogen-bond donors (Lipinski definition) is 0. The van der Waals surface area contributed by atoms with Gasteiger partial charge in [-0.25, -0.2) is 0 Å². The van der Waals surface area contributed by atoms with E-state index < -0.39 is 0 Å². The molecule has 0 aliphatic rings. The lowest BCUT2D eigenvalue weighted by molar-refractivity contribution is 0.236. The summed E-state index contributed by atoms with van der Waals surface area (Å²) < 4.78 is 19.6. The van der Waals surface area contributed by atoms with Crippen LogP contribution in [0.4, 0.5) is 0 Å². The second-order valence-corrected chi connectivity index (χ2v) is 12.6. The fourth-order valence-corrected chi connectivity index (χ4v) is 7.60. The maximum Gasteiger partial charge on any atom is 0.134 e. The van der Waals surface area contributed by atoms with Gasteiger partial charge in [-0.05, 0) is 88.9 Å². The number of hydrogen-bond acceptors (Lipinski definition) is 6. The molecule has 0 atom stereocenters. The topological polar surface area (TPSA) is 27.7 Å². The fraction of sp³-hybridized carbons (Fsp3) is 0.375. The summed E-state index contributed by atoms with van der Waals surface area (Å²) in [6, 6.07) is 10.9. The van der Waals surface area contributed by atoms with E-state index >= 15 is 0 Å². The van der Waals surface area contributed by atoms with Crippen LogP contribution in [0.25, 0.3) is 10.4 Å². The Balaban J connectivity index is 0.00000247. The zero-order valence-electron chi connectivity index (χ0n) is 24.1. The van der Waals surface area contributed by atoms with Crippen LogP contribution < -0.4 is 14.2 Å². The van der Waals surface area contributed by atoms with Crippen molar-refractivity contribution in [3.05, 3.63) is 72.8 Å². The minimum atomic E-state index is 0.0640. The summed E-state index contributed by atoms with van der Waals surface area (Å²) in [5, 5.41) is 0. The van der Waals surface area contributed by atoms with Gasteiger partial charge in [-0.2, -0.15) is 0 Å². The van der Waals surface area contributed by atoms with Gasteiger partial charge in [-0.3, -0.25) is 0 Å². The molecular weight excluding hydrogens is 529 g/mol. The van der Waals surface area contributed by atoms with Crippen molar-refractivity contribution in [3.63, 3.8) is 0 Å². The molecule has 1 aromatic heterocycles. The molecule has 0 N–H and O–H groups in total. The number of rotatable bonds is 12. The first-order valence-electron chi connectivity index (χ1n) is 12.9. The molecule has 0 amide bonds. The van der Waals surface area contributed by atoms with E-state index in [9.17, 15) is 0 Å². The van der Waals surface area contributed by atoms with Gasteiger partial charge < -0.3 is 14.2 Å². The average Bonchev–Trinajstić information content (AvgIpc) is 3.26. The zero-order valence-corrected chi connectivity index (χ0v) is 26.6. The van der Waals surface area contributed by atoms with Gasteiger partial charge >= 0.3 is 0 Å². The van der Waals surface area contributed by atoms with Crippen LogP contribution in [0.3, 0.4) is 0 Å². The monoisotopic (exact) mass is 570 g/mol. The number of ether oxygens (including phenoxy) is 3. The van der Waals surface area contributed by atoms with Crippen LogP contribution in [-0.4, -0.2) is 25.1 Å². The predicted molar refractivity (Wildman–Crippen MR) is 169 cm³/mol. The van der Waals surface area contributed by atoms with Crippen molar-refractivity contribution in [2.45, 2.75) is 81.1 Å². The van der Waals surface area contributed by atoms with Crippen LogP contribution in [0.5, 0.6) is 17.2 Å². The molecule has 0 fully saturated rings. The van der Waals surface area contributed by atoms with Crippen molar-refractivity contribution in [2.75, 3.05) is 12.9 Å². The highest BCUT2D eigenvalue weighted by atomic mass is 32.2. The average molecular weight is 571 g/mol. The molecule has 3 aromatic rings. The number of thioether (sulfide) groups is 1. The normalized spacial score (nSPS) is 10.8. The van der Waals surface area contributed by atoms with Crippen LogP contribution in [0.1, 0.15) is 51.3 Å². The summed E-state index contributed by atoms with van der Waals surface area (Å²) in [6.07, 6.45) is 3.07. The molecule has 0 aliphatic carbocycles. The minimum Gasteiger partial charge on any atom is -0.496 e. The van der Waals surface area contributed by atoms with Crippen LogP contribution >= 0.6 is 34.9 Å². The smallest absolute Gasteiger partial charge is 0.134 e. The summed E-state index contributed by atoms with van der Waals surface area (Å²) >= 11 is 5.38. The molecule has 2 aromatic carbocycles. The second-order valence-electron chi connectivity index (χ2n) is 9.24. The minimum absolute atomic E-state index is 0.0640. The highest BCUT2D eigenvalue weighted by molar-refractivity contribution is 8.03. The Kier molecular flexibility index (Phi) is 12.9. The van der Waals surface area contributed by atoms with Gasteiger partial charge in [0.1, 0.15) is 17.2 Å². The van der Waals surface area contributed by atoms with E-state index in [0.717, 1.165) is 45.4 Å². The van der Waals surface area contributed by atoms with Gasteiger partial charge in [-0.1, -0.05) is 30.8 Å². The Bertz CT molecular complexity index is 1210. The van der Waals surface area contributed by atoms with Gasteiger partial charge in [0.25, 0.3) is 0 Å². The molecule has 38 heavy (non-hydrogen) atoms. The summed E-state index contributed by atoms with van der Waals surface area (Å²) in [5.41, 5.74) is 4.65. The van der Waals surface area contributed by atoms with E-state index in [4.69, 9.17) is 14.2 Å². The molecule has 0 spiro atoms. The van der Waals surface area contributed by atoms with Crippen LogP contribution in [0.15, 0.2) is 70.1 Å². The fourth-order valence-electron chi connectivity index (χ4n) is 3.90. The molecule has 0 saturated carbocycles. The Labute approximate surface area is 242 Å². The van der Waals surface area contributed by atoms with Crippen molar-refractivity contribution in [2.24, 2.45) is 0 Å². The highest BCUT2D eigenvalue weighted by Crippen LogP contribution is 2.51. The molecular formula is C32H42O3S3. The number of thiophene rings is 1. The maximum absolute atomic E-state index is 6.29. The van der Waals surface area contributed by atoms with Crippen molar-refractivity contribution in [3.8, 4) is 27.7 Å². The van der Waals surface area contributed by atoms with Gasteiger partial charge in [0.2, 0.25) is 0 Å². The van der Waals surface area contributed by atoms with Crippen molar-refractivity contribution < 1.29 is 14.2 Å². The van der Waals surface area contributed by atoms with Crippen LogP contribution in [0.2, 0.25) is 0 Å². The lowest BCUT2D eigenvalue weighted by atomic mass is 10.1. The quantitative estimate of drug-likeness (QED) is 0.159. The number of benzene rings is 2. The summed E-state index contributed by atoms with van der Waals surface area (Å²) in [7, 11) is 1.73. The molecule has 0 aliphatic heterocycles. The lowest BCUT2D eigenvalue weighted by Gasteiger charge is -2.18. The van der Waals surface area contributed by atoms with Gasteiger partial charge in [-0.15, -0.1) is 42.8 Å². The molecule has 0 unspecified atom stereocenters. The Morgan fingerprint density at radius 2 is 1.47 bits per heavy atom. The van der Waals surface area contributed by atoms with Crippen molar-refractivity contribution >= 4 is 34.9 Å². The molecule has 0 radical (unpaired) electrons. The Morgan fingerprint density at radius 3 is 2.05 bits per heavy atom. The molecule has 206 valence electrons. The van der Waals surface area contributed by atoms with E-state index in [2.05, 4.69) is 98.5 Å². The zero-order chi connectivity index (χ0) is 28.4. The van der Waals surface area contributed by atoms with Crippen LogP contribution in [-0.2, 0) is 6.42 Å². The molecule has 1 heterocycles. The molecule has 3 rings (SSSR count). The van der Waals surface area contributed by atoms with E-state index in [-0.39, 0.29) is 12.2 Å². The SMILES string of the molecule is C=C.C=CCSc1cc(-c2c(OC)cc(C)cc2OC(C)C)sc1Sc1c(CC)cc(C)cc1OC(C)C. The first-order valence-corrected chi connectivity index (χ1v) is 15.5. The standard InChI is InChI=1S/C30H38O3S3.C2H4/c1-10-12-34-27-17-26(28-23(31-9)14-21(8)15-24(28)32-18(3)4)35-30(27)36-29-22(11-2)13-20(7)16-25(29)33-19(5)6;1-2/h10,13-19H,1,11-12H2,2-9H3;1-2H2. The van der Waals surface area contributed by atoms with Crippen molar-refractivity contribution in [1.82, 2.24) is 0 Å².